The molecule has 0 radical (unpaired) electrons. The summed E-state index contributed by atoms with van der Waals surface area (Å²) in [6.45, 7) is 0. The molecule has 2 aromatic rings. The van der Waals surface area contributed by atoms with E-state index in [4.69, 9.17) is 5.84 Å². The Morgan fingerprint density at radius 1 is 1.21 bits per heavy atom. The average Bonchev–Trinajstić information content (AvgIpc) is 2.93. The first kappa shape index (κ1) is 15.0. The van der Waals surface area contributed by atoms with Gasteiger partial charge in [0.05, 0.1) is 0 Å². The van der Waals surface area contributed by atoms with E-state index >= 15 is 0 Å². The summed E-state index contributed by atoms with van der Waals surface area (Å²) in [5.74, 6) is 5.66. The van der Waals surface area contributed by atoms with Crippen LogP contribution in [0.1, 0.15) is 23.3 Å². The van der Waals surface area contributed by atoms with E-state index in [0.717, 1.165) is 19.3 Å². The van der Waals surface area contributed by atoms with Crippen molar-refractivity contribution in [3.05, 3.63) is 55.8 Å². The van der Waals surface area contributed by atoms with E-state index < -0.39 is 0 Å². The van der Waals surface area contributed by atoms with Crippen LogP contribution in [0.15, 0.2) is 41.8 Å². The third kappa shape index (κ3) is 5.22. The van der Waals surface area contributed by atoms with Gasteiger partial charge in [0, 0.05) is 14.5 Å². The van der Waals surface area contributed by atoms with E-state index in [9.17, 15) is 0 Å². The summed E-state index contributed by atoms with van der Waals surface area (Å²) >= 11 is 4.16. The highest BCUT2D eigenvalue weighted by molar-refractivity contribution is 14.1. The van der Waals surface area contributed by atoms with E-state index in [1.54, 1.807) is 0 Å². The normalized spacial score (nSPS) is 12.5. The molecule has 1 atom stereocenters. The van der Waals surface area contributed by atoms with Crippen LogP contribution >= 0.6 is 33.9 Å². The van der Waals surface area contributed by atoms with E-state index in [1.807, 2.05) is 11.3 Å². The molecule has 0 saturated carbocycles. The zero-order valence-corrected chi connectivity index (χ0v) is 13.8. The minimum atomic E-state index is 0.361. The molecule has 1 aromatic carbocycles. The molecule has 0 aliphatic rings. The van der Waals surface area contributed by atoms with Gasteiger partial charge in [-0.2, -0.15) is 0 Å². The highest BCUT2D eigenvalue weighted by Gasteiger charge is 2.08. The Bertz CT molecular complexity index is 467. The number of thiophene rings is 1. The molecular formula is C15H19IN2S. The van der Waals surface area contributed by atoms with Gasteiger partial charge < -0.3 is 0 Å². The number of aryl methyl sites for hydroxylation is 1. The van der Waals surface area contributed by atoms with Crippen molar-refractivity contribution in [3.63, 3.8) is 0 Å². The van der Waals surface area contributed by atoms with Crippen LogP contribution in [0.5, 0.6) is 0 Å². The van der Waals surface area contributed by atoms with Crippen molar-refractivity contribution in [1.29, 1.82) is 0 Å². The van der Waals surface area contributed by atoms with Crippen LogP contribution in [0.3, 0.4) is 0 Å². The summed E-state index contributed by atoms with van der Waals surface area (Å²) in [5.41, 5.74) is 4.29. The molecule has 1 heterocycles. The van der Waals surface area contributed by atoms with Gasteiger partial charge in [-0.15, -0.1) is 11.3 Å². The second kappa shape index (κ2) is 7.99. The van der Waals surface area contributed by atoms with Crippen molar-refractivity contribution in [3.8, 4) is 0 Å². The quantitative estimate of drug-likeness (QED) is 0.432. The summed E-state index contributed by atoms with van der Waals surface area (Å²) in [4.78, 5) is 1.46. The monoisotopic (exact) mass is 386 g/mol. The molecule has 0 aliphatic heterocycles. The van der Waals surface area contributed by atoms with E-state index in [0.29, 0.717) is 6.04 Å². The molecular weight excluding hydrogens is 367 g/mol. The fourth-order valence-corrected chi connectivity index (χ4v) is 3.24. The van der Waals surface area contributed by atoms with Crippen molar-refractivity contribution >= 4 is 33.9 Å². The van der Waals surface area contributed by atoms with Crippen LogP contribution in [0, 0.1) is 3.57 Å². The van der Waals surface area contributed by atoms with Crippen LogP contribution in [-0.2, 0) is 12.8 Å². The van der Waals surface area contributed by atoms with Gasteiger partial charge in [0.2, 0.25) is 0 Å². The fourth-order valence-electron chi connectivity index (χ4n) is 2.13. The Hall–Kier alpha value is -0.430. The summed E-state index contributed by atoms with van der Waals surface area (Å²) < 4.78 is 1.27. The Kier molecular flexibility index (Phi) is 6.30. The molecule has 0 saturated heterocycles. The standard InChI is InChI=1S/C15H19IN2S/c16-13-8-6-12(7-9-13)11-14(18-17)3-1-4-15-5-2-10-19-15/h2,5-10,14,18H,1,3-4,11,17H2. The van der Waals surface area contributed by atoms with Crippen LogP contribution in [0.25, 0.3) is 0 Å². The number of hydrazine groups is 1. The lowest BCUT2D eigenvalue weighted by atomic mass is 10.0. The molecule has 0 bridgehead atoms. The molecule has 1 unspecified atom stereocenters. The van der Waals surface area contributed by atoms with Crippen LogP contribution in [0.4, 0.5) is 0 Å². The minimum absolute atomic E-state index is 0.361. The van der Waals surface area contributed by atoms with Gasteiger partial charge in [-0.3, -0.25) is 11.3 Å². The Labute approximate surface area is 132 Å². The van der Waals surface area contributed by atoms with Crippen LogP contribution in [0.2, 0.25) is 0 Å². The summed E-state index contributed by atoms with van der Waals surface area (Å²) in [6, 6.07) is 13.3. The molecule has 0 amide bonds. The molecule has 0 spiro atoms. The van der Waals surface area contributed by atoms with Gasteiger partial charge in [-0.05, 0) is 77.4 Å². The highest BCUT2D eigenvalue weighted by atomic mass is 127. The van der Waals surface area contributed by atoms with Gasteiger partial charge in [0.25, 0.3) is 0 Å². The highest BCUT2D eigenvalue weighted by Crippen LogP contribution is 2.15. The number of rotatable bonds is 7. The molecule has 3 N–H and O–H groups in total. The van der Waals surface area contributed by atoms with Gasteiger partial charge in [-0.25, -0.2) is 0 Å². The average molecular weight is 386 g/mol. The zero-order chi connectivity index (χ0) is 13.5. The first-order valence-electron chi connectivity index (χ1n) is 6.51. The molecule has 4 heteroatoms. The lowest BCUT2D eigenvalue weighted by Crippen LogP contribution is -2.36. The topological polar surface area (TPSA) is 38.0 Å². The summed E-state index contributed by atoms with van der Waals surface area (Å²) in [7, 11) is 0. The van der Waals surface area contributed by atoms with Crippen LogP contribution in [-0.4, -0.2) is 6.04 Å². The maximum Gasteiger partial charge on any atom is 0.0251 e. The van der Waals surface area contributed by atoms with Crippen molar-refractivity contribution in [2.24, 2.45) is 5.84 Å². The Morgan fingerprint density at radius 2 is 2.00 bits per heavy atom. The second-order valence-electron chi connectivity index (χ2n) is 4.67. The molecule has 1 aromatic heterocycles. The summed E-state index contributed by atoms with van der Waals surface area (Å²) in [6.07, 6.45) is 4.44. The van der Waals surface area contributed by atoms with E-state index in [2.05, 4.69) is 69.8 Å². The molecule has 19 heavy (non-hydrogen) atoms. The number of nitrogens with one attached hydrogen (secondary N) is 1. The molecule has 0 fully saturated rings. The van der Waals surface area contributed by atoms with E-state index in [-0.39, 0.29) is 0 Å². The Morgan fingerprint density at radius 3 is 2.63 bits per heavy atom. The van der Waals surface area contributed by atoms with Gasteiger partial charge >= 0.3 is 0 Å². The number of hydrogen-bond acceptors (Lipinski definition) is 3. The van der Waals surface area contributed by atoms with Crippen molar-refractivity contribution in [1.82, 2.24) is 5.43 Å². The molecule has 2 rings (SSSR count). The largest absolute Gasteiger partial charge is 0.271 e. The predicted molar refractivity (Wildman–Crippen MR) is 91.2 cm³/mol. The maximum absolute atomic E-state index is 5.66. The smallest absolute Gasteiger partial charge is 0.0251 e. The molecule has 102 valence electrons. The van der Waals surface area contributed by atoms with Crippen molar-refractivity contribution in [2.75, 3.05) is 0 Å². The predicted octanol–water partition coefficient (Wildman–Crippen LogP) is 3.75. The van der Waals surface area contributed by atoms with Crippen molar-refractivity contribution in [2.45, 2.75) is 31.7 Å². The van der Waals surface area contributed by atoms with Gasteiger partial charge in [0.15, 0.2) is 0 Å². The molecule has 0 aliphatic carbocycles. The fraction of sp³-hybridized carbons (Fsp3) is 0.333. The summed E-state index contributed by atoms with van der Waals surface area (Å²) in [5, 5.41) is 2.14. The first-order valence-corrected chi connectivity index (χ1v) is 8.46. The number of halogens is 1. The number of hydrogen-bond donors (Lipinski definition) is 2. The first-order chi connectivity index (χ1) is 9.28. The van der Waals surface area contributed by atoms with E-state index in [1.165, 1.54) is 20.4 Å². The van der Waals surface area contributed by atoms with Gasteiger partial charge in [-0.1, -0.05) is 18.2 Å². The Balaban J connectivity index is 1.78. The second-order valence-corrected chi connectivity index (χ2v) is 6.94. The van der Waals surface area contributed by atoms with Gasteiger partial charge in [0.1, 0.15) is 0 Å². The zero-order valence-electron chi connectivity index (χ0n) is 10.8. The minimum Gasteiger partial charge on any atom is -0.271 e. The third-order valence-corrected chi connectivity index (χ3v) is 4.84. The van der Waals surface area contributed by atoms with Crippen LogP contribution < -0.4 is 11.3 Å². The lowest BCUT2D eigenvalue weighted by Gasteiger charge is -2.15. The number of nitrogens with two attached hydrogens (primary N) is 1. The number of benzene rings is 1. The van der Waals surface area contributed by atoms with Crippen molar-refractivity contribution < 1.29 is 0 Å². The maximum atomic E-state index is 5.66. The lowest BCUT2D eigenvalue weighted by molar-refractivity contribution is 0.477. The SMILES string of the molecule is NNC(CCCc1cccs1)Cc1ccc(I)cc1. The third-order valence-electron chi connectivity index (χ3n) is 3.19. The molecule has 2 nitrogen and oxygen atoms in total.